The first-order valence-electron chi connectivity index (χ1n) is 3.56. The van der Waals surface area contributed by atoms with Gasteiger partial charge in [-0.15, -0.1) is 0 Å². The normalized spacial score (nSPS) is 24.0. The van der Waals surface area contributed by atoms with Crippen LogP contribution in [0.1, 0.15) is 19.8 Å². The molecule has 1 fully saturated rings. The molecular formula is C7H15NO. The lowest BCUT2D eigenvalue weighted by Gasteiger charge is -2.40. The molecule has 0 radical (unpaired) electrons. The van der Waals surface area contributed by atoms with Crippen LogP contribution in [-0.4, -0.2) is 24.8 Å². The van der Waals surface area contributed by atoms with Crippen LogP contribution in [0.5, 0.6) is 0 Å². The third-order valence-corrected chi connectivity index (χ3v) is 2.29. The van der Waals surface area contributed by atoms with Crippen molar-refractivity contribution >= 4 is 0 Å². The van der Waals surface area contributed by atoms with E-state index in [2.05, 4.69) is 0 Å². The third kappa shape index (κ3) is 1.66. The second kappa shape index (κ2) is 1.96. The minimum absolute atomic E-state index is 0.120. The Hall–Kier alpha value is -0.0800. The highest BCUT2D eigenvalue weighted by molar-refractivity contribution is 4.79. The summed E-state index contributed by atoms with van der Waals surface area (Å²) in [6.45, 7) is 2.05. The molecule has 9 heavy (non-hydrogen) atoms. The Morgan fingerprint density at radius 1 is 1.44 bits per heavy atom. The Morgan fingerprint density at radius 3 is 2.00 bits per heavy atom. The predicted octanol–water partition coefficient (Wildman–Crippen LogP) is 1.36. The molecule has 1 unspecified atom stereocenters. The smallest absolute Gasteiger partial charge is 0.0883 e. The van der Waals surface area contributed by atoms with Gasteiger partial charge in [-0.3, -0.25) is 0 Å². The zero-order valence-electron chi connectivity index (χ0n) is 6.42. The Kier molecular flexibility index (Phi) is 1.53. The van der Waals surface area contributed by atoms with Crippen molar-refractivity contribution < 1.29 is 4.65 Å². The molecule has 0 N–H and O–H groups in total. The summed E-state index contributed by atoms with van der Waals surface area (Å²) in [5.74, 6) is 0.720. The summed E-state index contributed by atoms with van der Waals surface area (Å²) < 4.78 is -0.120. The maximum atomic E-state index is 11.2. The second-order valence-electron chi connectivity index (χ2n) is 3.51. The molecule has 54 valence electrons. The molecule has 0 spiro atoms. The summed E-state index contributed by atoms with van der Waals surface area (Å²) in [4.78, 5) is 0. The lowest BCUT2D eigenvalue weighted by Crippen LogP contribution is -2.42. The van der Waals surface area contributed by atoms with E-state index in [-0.39, 0.29) is 4.65 Å². The molecule has 1 saturated carbocycles. The average molecular weight is 129 g/mol. The minimum Gasteiger partial charge on any atom is -0.633 e. The molecule has 1 aliphatic carbocycles. The molecule has 0 aliphatic heterocycles. The van der Waals surface area contributed by atoms with E-state index in [1.807, 2.05) is 6.92 Å². The van der Waals surface area contributed by atoms with E-state index in [0.717, 1.165) is 5.92 Å². The zero-order valence-corrected chi connectivity index (χ0v) is 6.42. The Labute approximate surface area is 56.6 Å². The fourth-order valence-corrected chi connectivity index (χ4v) is 1.09. The van der Waals surface area contributed by atoms with Crippen LogP contribution in [0.2, 0.25) is 0 Å². The van der Waals surface area contributed by atoms with Crippen LogP contribution < -0.4 is 0 Å². The topological polar surface area (TPSA) is 23.1 Å². The number of quaternary nitrogens is 1. The molecule has 1 aliphatic rings. The number of hydrogen-bond donors (Lipinski definition) is 0. The highest BCUT2D eigenvalue weighted by Gasteiger charge is 2.34. The first kappa shape index (κ1) is 7.03. The van der Waals surface area contributed by atoms with Crippen LogP contribution >= 0.6 is 0 Å². The third-order valence-electron chi connectivity index (χ3n) is 2.29. The molecule has 0 amide bonds. The van der Waals surface area contributed by atoms with Crippen LogP contribution in [-0.2, 0) is 0 Å². The van der Waals surface area contributed by atoms with Crippen LogP contribution in [0.3, 0.4) is 0 Å². The van der Waals surface area contributed by atoms with Crippen molar-refractivity contribution in [2.75, 3.05) is 14.1 Å². The number of hydroxylamine groups is 3. The van der Waals surface area contributed by atoms with E-state index in [4.69, 9.17) is 0 Å². The Bertz CT molecular complexity index is 102. The van der Waals surface area contributed by atoms with Crippen LogP contribution in [0.15, 0.2) is 0 Å². The van der Waals surface area contributed by atoms with Gasteiger partial charge in [0.2, 0.25) is 0 Å². The van der Waals surface area contributed by atoms with Gasteiger partial charge in [-0.2, -0.15) is 0 Å². The SMILES string of the molecule is CC(C1CC1)[N+](C)(C)[O-]. The van der Waals surface area contributed by atoms with Gasteiger partial charge in [-0.25, -0.2) is 0 Å². The highest BCUT2D eigenvalue weighted by Crippen LogP contribution is 2.36. The standard InChI is InChI=1S/C7H15NO/c1-6(7-4-5-7)8(2,3)9/h6-7H,4-5H2,1-3H3. The maximum Gasteiger partial charge on any atom is 0.0883 e. The van der Waals surface area contributed by atoms with Crippen molar-refractivity contribution in [3.63, 3.8) is 0 Å². The van der Waals surface area contributed by atoms with Gasteiger partial charge in [0.15, 0.2) is 0 Å². The lowest BCUT2D eigenvalue weighted by molar-refractivity contribution is -0.866. The van der Waals surface area contributed by atoms with Gasteiger partial charge in [-0.1, -0.05) is 0 Å². The van der Waals surface area contributed by atoms with Gasteiger partial charge < -0.3 is 9.85 Å². The first-order chi connectivity index (χ1) is 4.02. The van der Waals surface area contributed by atoms with Crippen molar-refractivity contribution in [3.8, 4) is 0 Å². The van der Waals surface area contributed by atoms with Gasteiger partial charge >= 0.3 is 0 Å². The number of rotatable bonds is 2. The minimum atomic E-state index is -0.120. The van der Waals surface area contributed by atoms with E-state index in [1.165, 1.54) is 12.8 Å². The summed E-state index contributed by atoms with van der Waals surface area (Å²) in [7, 11) is 3.45. The van der Waals surface area contributed by atoms with E-state index >= 15 is 0 Å². The van der Waals surface area contributed by atoms with Gasteiger partial charge in [0, 0.05) is 5.92 Å². The predicted molar refractivity (Wildman–Crippen MR) is 37.7 cm³/mol. The van der Waals surface area contributed by atoms with E-state index < -0.39 is 0 Å². The van der Waals surface area contributed by atoms with Gasteiger partial charge in [0.05, 0.1) is 20.1 Å². The molecule has 0 aromatic heterocycles. The summed E-state index contributed by atoms with van der Waals surface area (Å²) in [5, 5.41) is 11.2. The van der Waals surface area contributed by atoms with Gasteiger partial charge in [0.25, 0.3) is 0 Å². The summed E-state index contributed by atoms with van der Waals surface area (Å²) >= 11 is 0. The molecule has 1 atom stereocenters. The van der Waals surface area contributed by atoms with Crippen molar-refractivity contribution in [2.24, 2.45) is 5.92 Å². The van der Waals surface area contributed by atoms with Crippen LogP contribution in [0, 0.1) is 11.1 Å². The molecule has 0 bridgehead atoms. The van der Waals surface area contributed by atoms with E-state index in [0.29, 0.717) is 6.04 Å². The first-order valence-corrected chi connectivity index (χ1v) is 3.56. The van der Waals surface area contributed by atoms with Gasteiger partial charge in [-0.05, 0) is 19.8 Å². The fourth-order valence-electron chi connectivity index (χ4n) is 1.09. The van der Waals surface area contributed by atoms with Crippen molar-refractivity contribution in [1.82, 2.24) is 0 Å². The molecule has 0 aromatic rings. The molecule has 2 heteroatoms. The maximum absolute atomic E-state index is 11.2. The molecule has 2 nitrogen and oxygen atoms in total. The number of hydrogen-bond acceptors (Lipinski definition) is 1. The van der Waals surface area contributed by atoms with E-state index in [1.54, 1.807) is 14.1 Å². The second-order valence-corrected chi connectivity index (χ2v) is 3.51. The van der Waals surface area contributed by atoms with Crippen molar-refractivity contribution in [1.29, 1.82) is 0 Å². The van der Waals surface area contributed by atoms with E-state index in [9.17, 15) is 5.21 Å². The highest BCUT2D eigenvalue weighted by atomic mass is 16.5. The van der Waals surface area contributed by atoms with Crippen LogP contribution in [0.4, 0.5) is 0 Å². The largest absolute Gasteiger partial charge is 0.633 e. The summed E-state index contributed by atoms with van der Waals surface area (Å²) in [5.41, 5.74) is 0. The van der Waals surface area contributed by atoms with Gasteiger partial charge in [0.1, 0.15) is 0 Å². The lowest BCUT2D eigenvalue weighted by atomic mass is 10.2. The molecule has 0 aromatic carbocycles. The molecular weight excluding hydrogens is 114 g/mol. The quantitative estimate of drug-likeness (QED) is 0.408. The Balaban J connectivity index is 2.40. The van der Waals surface area contributed by atoms with Crippen molar-refractivity contribution in [3.05, 3.63) is 5.21 Å². The number of nitrogens with zero attached hydrogens (tertiary/aromatic N) is 1. The van der Waals surface area contributed by atoms with Crippen molar-refractivity contribution in [2.45, 2.75) is 25.8 Å². The summed E-state index contributed by atoms with van der Waals surface area (Å²) in [6, 6.07) is 0.310. The molecule has 0 saturated heterocycles. The molecule has 1 rings (SSSR count). The fraction of sp³-hybridized carbons (Fsp3) is 1.00. The monoisotopic (exact) mass is 129 g/mol. The average Bonchev–Trinajstić information content (AvgIpc) is 2.40. The van der Waals surface area contributed by atoms with Crippen LogP contribution in [0.25, 0.3) is 0 Å². The summed E-state index contributed by atoms with van der Waals surface area (Å²) in [6.07, 6.45) is 2.54. The zero-order chi connectivity index (χ0) is 7.07. The molecule has 0 heterocycles. The Morgan fingerprint density at radius 2 is 1.89 bits per heavy atom.